The Morgan fingerprint density at radius 3 is 2.32 bits per heavy atom. The van der Waals surface area contributed by atoms with Crippen LogP contribution in [0.2, 0.25) is 0 Å². The third-order valence-electron chi connectivity index (χ3n) is 5.15. The number of Topliss-reactive ketones (excluding diaryl/α,β-unsaturated/α-hetero) is 1. The number of nitrogens with zero attached hydrogens (tertiary/aromatic N) is 2. The number of amides is 1. The minimum Gasteiger partial charge on any atom is -0.497 e. The molecule has 0 atom stereocenters. The number of nitrogens with one attached hydrogen (secondary N) is 1. The van der Waals surface area contributed by atoms with Gasteiger partial charge in [-0.1, -0.05) is 39.5 Å². The van der Waals surface area contributed by atoms with Crippen LogP contribution in [0.1, 0.15) is 48.4 Å². The van der Waals surface area contributed by atoms with Gasteiger partial charge in [-0.2, -0.15) is 0 Å². The number of benzene rings is 2. The first-order valence-corrected chi connectivity index (χ1v) is 12.3. The summed E-state index contributed by atoms with van der Waals surface area (Å²) in [5, 5.41) is 3.80. The lowest BCUT2D eigenvalue weighted by Gasteiger charge is -2.15. The number of thioether (sulfide) groups is 1. The topological polar surface area (TPSA) is 90.3 Å². The van der Waals surface area contributed by atoms with Crippen LogP contribution >= 0.6 is 11.8 Å². The van der Waals surface area contributed by atoms with E-state index in [0.717, 1.165) is 0 Å². The Bertz CT molecular complexity index is 1230. The van der Waals surface area contributed by atoms with E-state index < -0.39 is 0 Å². The molecule has 0 saturated carbocycles. The minimum absolute atomic E-state index is 0.0695. The molecule has 8 heteroatoms. The Kier molecular flexibility index (Phi) is 8.50. The summed E-state index contributed by atoms with van der Waals surface area (Å²) in [5.41, 5.74) is 1.29. The number of ketones is 1. The Morgan fingerprint density at radius 2 is 1.71 bits per heavy atom. The van der Waals surface area contributed by atoms with Crippen LogP contribution in [0, 0.1) is 11.8 Å². The molecule has 180 valence electrons. The number of carbonyl (C=O) groups is 2. The summed E-state index contributed by atoms with van der Waals surface area (Å²) >= 11 is 1.23. The summed E-state index contributed by atoms with van der Waals surface area (Å²) in [4.78, 5) is 43.2. The van der Waals surface area contributed by atoms with Crippen molar-refractivity contribution in [1.29, 1.82) is 0 Å². The van der Waals surface area contributed by atoms with Crippen molar-refractivity contribution in [3.05, 3.63) is 63.9 Å². The molecule has 3 aromatic rings. The van der Waals surface area contributed by atoms with E-state index in [9.17, 15) is 14.4 Å². The van der Waals surface area contributed by atoms with Crippen molar-refractivity contribution in [1.82, 2.24) is 14.9 Å². The molecule has 0 aliphatic heterocycles. The molecule has 0 fully saturated rings. The Hall–Kier alpha value is -3.13. The van der Waals surface area contributed by atoms with Crippen molar-refractivity contribution in [3.63, 3.8) is 0 Å². The molecule has 0 aliphatic rings. The highest BCUT2D eigenvalue weighted by molar-refractivity contribution is 7.99. The van der Waals surface area contributed by atoms with E-state index >= 15 is 0 Å². The smallest absolute Gasteiger partial charge is 0.262 e. The van der Waals surface area contributed by atoms with Crippen molar-refractivity contribution in [2.75, 3.05) is 19.4 Å². The molecule has 0 unspecified atom stereocenters. The standard InChI is InChI=1S/C26H31N3O4S/c1-16(2)13-27-24(31)19-8-11-21-22(12-19)28-26(29(25(21)32)14-17(3)4)34-15-23(30)18-6-9-20(33-5)10-7-18/h6-12,16-17H,13-15H2,1-5H3,(H,27,31). The maximum Gasteiger partial charge on any atom is 0.262 e. The highest BCUT2D eigenvalue weighted by atomic mass is 32.2. The van der Waals surface area contributed by atoms with E-state index in [1.165, 1.54) is 11.8 Å². The Morgan fingerprint density at radius 1 is 1.03 bits per heavy atom. The molecule has 1 amide bonds. The van der Waals surface area contributed by atoms with E-state index in [1.807, 2.05) is 27.7 Å². The maximum atomic E-state index is 13.3. The normalized spacial score (nSPS) is 11.3. The second-order valence-electron chi connectivity index (χ2n) is 8.98. The minimum atomic E-state index is -0.201. The zero-order valence-corrected chi connectivity index (χ0v) is 21.1. The summed E-state index contributed by atoms with van der Waals surface area (Å²) < 4.78 is 6.77. The van der Waals surface area contributed by atoms with Crippen LogP contribution in [-0.2, 0) is 6.54 Å². The largest absolute Gasteiger partial charge is 0.497 e. The van der Waals surface area contributed by atoms with Gasteiger partial charge in [0.1, 0.15) is 5.75 Å². The number of hydrogen-bond donors (Lipinski definition) is 1. The third kappa shape index (κ3) is 6.26. The molecule has 7 nitrogen and oxygen atoms in total. The van der Waals surface area contributed by atoms with Gasteiger partial charge in [-0.25, -0.2) is 4.98 Å². The van der Waals surface area contributed by atoms with E-state index in [4.69, 9.17) is 9.72 Å². The van der Waals surface area contributed by atoms with Gasteiger partial charge in [0, 0.05) is 24.2 Å². The number of fused-ring (bicyclic) bond motifs is 1. The van der Waals surface area contributed by atoms with Crippen LogP contribution in [0.4, 0.5) is 0 Å². The monoisotopic (exact) mass is 481 g/mol. The van der Waals surface area contributed by atoms with Crippen molar-refractivity contribution < 1.29 is 14.3 Å². The van der Waals surface area contributed by atoms with Gasteiger partial charge in [-0.05, 0) is 54.3 Å². The molecular formula is C26H31N3O4S. The lowest BCUT2D eigenvalue weighted by Crippen LogP contribution is -2.28. The molecule has 0 bridgehead atoms. The molecule has 3 rings (SSSR count). The first-order valence-electron chi connectivity index (χ1n) is 11.3. The lowest BCUT2D eigenvalue weighted by molar-refractivity contribution is 0.0948. The third-order valence-corrected chi connectivity index (χ3v) is 6.12. The number of rotatable bonds is 10. The number of ether oxygens (including phenoxy) is 1. The molecule has 34 heavy (non-hydrogen) atoms. The summed E-state index contributed by atoms with van der Waals surface area (Å²) in [7, 11) is 1.57. The van der Waals surface area contributed by atoms with Crippen LogP contribution < -0.4 is 15.6 Å². The van der Waals surface area contributed by atoms with Gasteiger partial charge in [0.25, 0.3) is 11.5 Å². The first-order chi connectivity index (χ1) is 16.2. The SMILES string of the molecule is COc1ccc(C(=O)CSc2nc3cc(C(=O)NCC(C)C)ccc3c(=O)n2CC(C)C)cc1. The number of carbonyl (C=O) groups excluding carboxylic acids is 2. The zero-order chi connectivity index (χ0) is 24.8. The fourth-order valence-electron chi connectivity index (χ4n) is 3.37. The van der Waals surface area contributed by atoms with Crippen molar-refractivity contribution in [3.8, 4) is 5.75 Å². The first kappa shape index (κ1) is 25.5. The molecule has 2 aromatic carbocycles. The summed E-state index contributed by atoms with van der Waals surface area (Å²) in [5.74, 6) is 1.09. The molecule has 0 saturated heterocycles. The average Bonchev–Trinajstić information content (AvgIpc) is 2.82. The number of methoxy groups -OCH3 is 1. The van der Waals surface area contributed by atoms with Crippen LogP contribution in [0.5, 0.6) is 5.75 Å². The quantitative estimate of drug-likeness (QED) is 0.262. The van der Waals surface area contributed by atoms with Crippen LogP contribution in [-0.4, -0.2) is 40.6 Å². The lowest BCUT2D eigenvalue weighted by atomic mass is 10.1. The predicted octanol–water partition coefficient (Wildman–Crippen LogP) is 4.42. The molecule has 1 aromatic heterocycles. The molecular weight excluding hydrogens is 450 g/mol. The fourth-order valence-corrected chi connectivity index (χ4v) is 4.27. The highest BCUT2D eigenvalue weighted by Gasteiger charge is 2.17. The molecule has 1 heterocycles. The van der Waals surface area contributed by atoms with Gasteiger partial charge in [0.2, 0.25) is 0 Å². The average molecular weight is 482 g/mol. The van der Waals surface area contributed by atoms with Gasteiger partial charge in [0.05, 0.1) is 23.8 Å². The maximum absolute atomic E-state index is 13.3. The van der Waals surface area contributed by atoms with Gasteiger partial charge < -0.3 is 10.1 Å². The van der Waals surface area contributed by atoms with Crippen LogP contribution in [0.3, 0.4) is 0 Å². The van der Waals surface area contributed by atoms with E-state index in [-0.39, 0.29) is 28.9 Å². The second-order valence-corrected chi connectivity index (χ2v) is 9.92. The second kappa shape index (κ2) is 11.3. The van der Waals surface area contributed by atoms with Gasteiger partial charge in [-0.15, -0.1) is 0 Å². The number of hydrogen-bond acceptors (Lipinski definition) is 6. The van der Waals surface area contributed by atoms with Gasteiger partial charge >= 0.3 is 0 Å². The molecule has 1 N–H and O–H groups in total. The fraction of sp³-hybridized carbons (Fsp3) is 0.385. The molecule has 0 radical (unpaired) electrons. The highest BCUT2D eigenvalue weighted by Crippen LogP contribution is 2.22. The zero-order valence-electron chi connectivity index (χ0n) is 20.3. The molecule has 0 spiro atoms. The van der Waals surface area contributed by atoms with E-state index in [2.05, 4.69) is 5.32 Å². The Balaban J connectivity index is 1.92. The van der Waals surface area contributed by atoms with Crippen molar-refractivity contribution in [2.24, 2.45) is 11.8 Å². The van der Waals surface area contributed by atoms with E-state index in [0.29, 0.717) is 51.9 Å². The molecule has 0 aliphatic carbocycles. The summed E-state index contributed by atoms with van der Waals surface area (Å²) in [6, 6.07) is 11.9. The van der Waals surface area contributed by atoms with Crippen LogP contribution in [0.15, 0.2) is 52.4 Å². The summed E-state index contributed by atoms with van der Waals surface area (Å²) in [6.07, 6.45) is 0. The Labute approximate surface area is 203 Å². The number of aromatic nitrogens is 2. The van der Waals surface area contributed by atoms with Gasteiger partial charge in [0.15, 0.2) is 10.9 Å². The summed E-state index contributed by atoms with van der Waals surface area (Å²) in [6.45, 7) is 9.14. The van der Waals surface area contributed by atoms with Gasteiger partial charge in [-0.3, -0.25) is 19.0 Å². The van der Waals surface area contributed by atoms with Crippen LogP contribution in [0.25, 0.3) is 10.9 Å². The van der Waals surface area contributed by atoms with Crippen molar-refractivity contribution >= 4 is 34.4 Å². The predicted molar refractivity (Wildman–Crippen MR) is 136 cm³/mol. The van der Waals surface area contributed by atoms with Crippen molar-refractivity contribution in [2.45, 2.75) is 39.4 Å². The van der Waals surface area contributed by atoms with E-state index in [1.54, 1.807) is 54.1 Å².